The number of nitrogens with two attached hydrogens (primary N) is 1. The summed E-state index contributed by atoms with van der Waals surface area (Å²) in [5.74, 6) is -0.0249. The van der Waals surface area contributed by atoms with E-state index in [-0.39, 0.29) is 5.91 Å². The summed E-state index contributed by atoms with van der Waals surface area (Å²) in [5, 5.41) is 2.80. The van der Waals surface area contributed by atoms with E-state index in [9.17, 15) is 4.79 Å². The Balaban J connectivity index is 2.62. The van der Waals surface area contributed by atoms with Crippen molar-refractivity contribution < 1.29 is 9.53 Å². The highest BCUT2D eigenvalue weighted by Crippen LogP contribution is 2.20. The van der Waals surface area contributed by atoms with Crippen molar-refractivity contribution in [3.63, 3.8) is 0 Å². The van der Waals surface area contributed by atoms with Crippen LogP contribution >= 0.6 is 0 Å². The molecule has 0 aliphatic rings. The third-order valence-corrected chi connectivity index (χ3v) is 2.88. The molecule has 0 radical (unpaired) electrons. The summed E-state index contributed by atoms with van der Waals surface area (Å²) in [6.45, 7) is 3.85. The van der Waals surface area contributed by atoms with Gasteiger partial charge in [-0.25, -0.2) is 0 Å². The van der Waals surface area contributed by atoms with E-state index in [1.807, 2.05) is 31.0 Å². The summed E-state index contributed by atoms with van der Waals surface area (Å²) in [7, 11) is 3.50. The maximum atomic E-state index is 11.7. The highest BCUT2D eigenvalue weighted by atomic mass is 16.5. The topological polar surface area (TPSA) is 67.6 Å². The predicted molar refractivity (Wildman–Crippen MR) is 77.2 cm³/mol. The lowest BCUT2D eigenvalue weighted by atomic mass is 10.1. The molecule has 0 fully saturated rings. The molecule has 0 saturated carbocycles. The number of amides is 1. The third-order valence-electron chi connectivity index (χ3n) is 2.88. The van der Waals surface area contributed by atoms with Gasteiger partial charge in [0.2, 0.25) is 5.91 Å². The third kappa shape index (κ3) is 4.89. The second kappa shape index (κ2) is 7.76. The summed E-state index contributed by atoms with van der Waals surface area (Å²) in [6, 6.07) is 6.07. The molecule has 3 N–H and O–H groups in total. The molecule has 1 amide bonds. The quantitative estimate of drug-likeness (QED) is 0.710. The van der Waals surface area contributed by atoms with Crippen LogP contribution in [0.1, 0.15) is 11.1 Å². The number of likely N-dealkylation sites (N-methyl/N-ethyl adjacent to an activating group) is 1. The van der Waals surface area contributed by atoms with Crippen molar-refractivity contribution in [2.24, 2.45) is 5.73 Å². The Morgan fingerprint density at radius 3 is 2.84 bits per heavy atom. The van der Waals surface area contributed by atoms with Crippen LogP contribution in [0.4, 0.5) is 5.69 Å². The fourth-order valence-corrected chi connectivity index (χ4v) is 1.90. The maximum absolute atomic E-state index is 11.7. The summed E-state index contributed by atoms with van der Waals surface area (Å²) in [6.07, 6.45) is 0. The molecule has 1 aromatic rings. The first kappa shape index (κ1) is 15.5. The highest BCUT2D eigenvalue weighted by Gasteiger charge is 2.10. The summed E-state index contributed by atoms with van der Waals surface area (Å²) in [5.41, 5.74) is 8.95. The monoisotopic (exact) mass is 265 g/mol. The molecule has 19 heavy (non-hydrogen) atoms. The minimum atomic E-state index is -0.0249. The van der Waals surface area contributed by atoms with Crippen LogP contribution in [-0.2, 0) is 16.1 Å². The zero-order valence-electron chi connectivity index (χ0n) is 11.9. The Kier molecular flexibility index (Phi) is 6.32. The van der Waals surface area contributed by atoms with Crippen LogP contribution in [0.3, 0.4) is 0 Å². The molecular weight excluding hydrogens is 242 g/mol. The lowest BCUT2D eigenvalue weighted by Gasteiger charge is -2.22. The molecule has 0 aliphatic carbocycles. The molecular formula is C14H23N3O2. The van der Waals surface area contributed by atoms with E-state index in [2.05, 4.69) is 11.4 Å². The lowest BCUT2D eigenvalue weighted by molar-refractivity contribution is -0.119. The van der Waals surface area contributed by atoms with Crippen molar-refractivity contribution in [2.45, 2.75) is 13.5 Å². The Labute approximate surface area is 114 Å². The van der Waals surface area contributed by atoms with E-state index in [1.54, 1.807) is 7.11 Å². The van der Waals surface area contributed by atoms with Gasteiger partial charge in [0, 0.05) is 32.9 Å². The second-order valence-electron chi connectivity index (χ2n) is 4.54. The first-order chi connectivity index (χ1) is 9.08. The standard InChI is InChI=1S/C14H23N3O2/c1-11-4-5-13(12(8-11)9-15)17(2)10-14(18)16-6-7-19-3/h4-5,8H,6-7,9-10,15H2,1-3H3,(H,16,18). The number of aryl methyl sites for hydroxylation is 1. The number of anilines is 1. The molecule has 0 unspecified atom stereocenters. The number of carbonyl (C=O) groups is 1. The number of ether oxygens (including phenoxy) is 1. The van der Waals surface area contributed by atoms with Crippen molar-refractivity contribution >= 4 is 11.6 Å². The summed E-state index contributed by atoms with van der Waals surface area (Å²) < 4.78 is 4.89. The van der Waals surface area contributed by atoms with Crippen LogP contribution in [0.2, 0.25) is 0 Å². The van der Waals surface area contributed by atoms with Crippen LogP contribution in [0.25, 0.3) is 0 Å². The van der Waals surface area contributed by atoms with Gasteiger partial charge >= 0.3 is 0 Å². The molecule has 1 aromatic carbocycles. The van der Waals surface area contributed by atoms with Gasteiger partial charge in [-0.2, -0.15) is 0 Å². The van der Waals surface area contributed by atoms with Gasteiger partial charge in [-0.1, -0.05) is 17.7 Å². The largest absolute Gasteiger partial charge is 0.383 e. The van der Waals surface area contributed by atoms with Gasteiger partial charge in [0.1, 0.15) is 0 Å². The van der Waals surface area contributed by atoms with Gasteiger partial charge in [0.15, 0.2) is 0 Å². The smallest absolute Gasteiger partial charge is 0.239 e. The molecule has 5 nitrogen and oxygen atoms in total. The fourth-order valence-electron chi connectivity index (χ4n) is 1.90. The zero-order valence-corrected chi connectivity index (χ0v) is 11.9. The highest BCUT2D eigenvalue weighted by molar-refractivity contribution is 5.81. The molecule has 0 saturated heterocycles. The summed E-state index contributed by atoms with van der Waals surface area (Å²) >= 11 is 0. The summed E-state index contributed by atoms with van der Waals surface area (Å²) in [4.78, 5) is 13.6. The zero-order chi connectivity index (χ0) is 14.3. The van der Waals surface area contributed by atoms with Crippen molar-refractivity contribution in [2.75, 3.05) is 38.8 Å². The van der Waals surface area contributed by atoms with Crippen LogP contribution in [-0.4, -0.2) is 39.8 Å². The Morgan fingerprint density at radius 2 is 2.21 bits per heavy atom. The van der Waals surface area contributed by atoms with E-state index >= 15 is 0 Å². The molecule has 0 heterocycles. The van der Waals surface area contributed by atoms with Crippen LogP contribution in [0, 0.1) is 6.92 Å². The fraction of sp³-hybridized carbons (Fsp3) is 0.500. The molecule has 0 spiro atoms. The van der Waals surface area contributed by atoms with Crippen LogP contribution in [0.15, 0.2) is 18.2 Å². The normalized spacial score (nSPS) is 10.3. The SMILES string of the molecule is COCCNC(=O)CN(C)c1ccc(C)cc1CN. The van der Waals surface area contributed by atoms with Crippen molar-refractivity contribution in [3.05, 3.63) is 29.3 Å². The van der Waals surface area contributed by atoms with Gasteiger partial charge < -0.3 is 20.7 Å². The number of nitrogens with zero attached hydrogens (tertiary/aromatic N) is 1. The van der Waals surface area contributed by atoms with E-state index in [1.165, 1.54) is 5.56 Å². The molecule has 1 rings (SSSR count). The maximum Gasteiger partial charge on any atom is 0.239 e. The number of hydrogen-bond acceptors (Lipinski definition) is 4. The molecule has 0 aromatic heterocycles. The van der Waals surface area contributed by atoms with E-state index in [4.69, 9.17) is 10.5 Å². The second-order valence-corrected chi connectivity index (χ2v) is 4.54. The van der Waals surface area contributed by atoms with E-state index in [0.717, 1.165) is 11.3 Å². The minimum absolute atomic E-state index is 0.0249. The van der Waals surface area contributed by atoms with Crippen molar-refractivity contribution in [3.8, 4) is 0 Å². The lowest BCUT2D eigenvalue weighted by Crippen LogP contribution is -2.37. The van der Waals surface area contributed by atoms with Gasteiger partial charge in [-0.15, -0.1) is 0 Å². The van der Waals surface area contributed by atoms with Crippen molar-refractivity contribution in [1.29, 1.82) is 0 Å². The number of carbonyl (C=O) groups excluding carboxylic acids is 1. The number of nitrogens with one attached hydrogen (secondary N) is 1. The number of hydrogen-bond donors (Lipinski definition) is 2. The molecule has 106 valence electrons. The molecule has 5 heteroatoms. The molecule has 0 atom stereocenters. The van der Waals surface area contributed by atoms with Gasteiger partial charge in [-0.05, 0) is 18.6 Å². The molecule has 0 aliphatic heterocycles. The minimum Gasteiger partial charge on any atom is -0.383 e. The van der Waals surface area contributed by atoms with Gasteiger partial charge in [-0.3, -0.25) is 4.79 Å². The van der Waals surface area contributed by atoms with Gasteiger partial charge in [0.05, 0.1) is 13.2 Å². The van der Waals surface area contributed by atoms with Gasteiger partial charge in [0.25, 0.3) is 0 Å². The van der Waals surface area contributed by atoms with E-state index in [0.29, 0.717) is 26.2 Å². The van der Waals surface area contributed by atoms with Crippen LogP contribution in [0.5, 0.6) is 0 Å². The van der Waals surface area contributed by atoms with Crippen LogP contribution < -0.4 is 16.0 Å². The average Bonchev–Trinajstić information content (AvgIpc) is 2.38. The number of benzene rings is 1. The first-order valence-corrected chi connectivity index (χ1v) is 6.35. The average molecular weight is 265 g/mol. The first-order valence-electron chi connectivity index (χ1n) is 6.35. The molecule has 0 bridgehead atoms. The predicted octanol–water partition coefficient (Wildman–Crippen LogP) is 0.653. The number of methoxy groups -OCH3 is 1. The Morgan fingerprint density at radius 1 is 1.47 bits per heavy atom. The number of rotatable bonds is 7. The van der Waals surface area contributed by atoms with Crippen molar-refractivity contribution in [1.82, 2.24) is 5.32 Å². The Hall–Kier alpha value is -1.59. The Bertz CT molecular complexity index is 421. The van der Waals surface area contributed by atoms with E-state index < -0.39 is 0 Å².